The van der Waals surface area contributed by atoms with Gasteiger partial charge in [-0.05, 0) is 30.3 Å². The lowest BCUT2D eigenvalue weighted by atomic mass is 10.0. The van der Waals surface area contributed by atoms with Crippen LogP contribution in [0.2, 0.25) is 0 Å². The molecule has 22 heavy (non-hydrogen) atoms. The maximum atomic E-state index is 9.45. The molecule has 0 fully saturated rings. The van der Waals surface area contributed by atoms with E-state index in [2.05, 4.69) is 6.07 Å². The highest BCUT2D eigenvalue weighted by molar-refractivity contribution is 7.99. The second-order valence-electron chi connectivity index (χ2n) is 4.71. The zero-order valence-electron chi connectivity index (χ0n) is 11.9. The Morgan fingerprint density at radius 1 is 1.23 bits per heavy atom. The number of benzene rings is 2. The highest BCUT2D eigenvalue weighted by Gasteiger charge is 2.30. The fourth-order valence-electron chi connectivity index (χ4n) is 2.28. The summed E-state index contributed by atoms with van der Waals surface area (Å²) < 4.78 is 10.8. The molecule has 1 atom stereocenters. The van der Waals surface area contributed by atoms with E-state index < -0.39 is 0 Å². The Morgan fingerprint density at radius 3 is 2.68 bits per heavy atom. The van der Waals surface area contributed by atoms with Gasteiger partial charge in [-0.2, -0.15) is 5.26 Å². The van der Waals surface area contributed by atoms with E-state index in [-0.39, 0.29) is 11.1 Å². The number of ether oxygens (including phenoxy) is 2. The van der Waals surface area contributed by atoms with Gasteiger partial charge in [0.05, 0.1) is 12.4 Å². The number of thioether (sulfide) groups is 1. The fourth-order valence-corrected chi connectivity index (χ4v) is 3.47. The van der Waals surface area contributed by atoms with Crippen LogP contribution in [0, 0.1) is 11.3 Å². The van der Waals surface area contributed by atoms with Gasteiger partial charge in [-0.3, -0.25) is 0 Å². The number of rotatable bonds is 3. The molecule has 1 aliphatic rings. The monoisotopic (exact) mass is 310 g/mol. The quantitative estimate of drug-likeness (QED) is 0.938. The van der Waals surface area contributed by atoms with E-state index in [0.717, 1.165) is 16.2 Å². The number of nitrogens with two attached hydrogens (primary N) is 1. The molecule has 1 heterocycles. The Hall–Kier alpha value is -2.58. The molecule has 1 unspecified atom stereocenters. The molecule has 5 heteroatoms. The van der Waals surface area contributed by atoms with E-state index in [1.807, 2.05) is 48.5 Å². The van der Waals surface area contributed by atoms with Crippen LogP contribution < -0.4 is 15.2 Å². The van der Waals surface area contributed by atoms with Gasteiger partial charge in [0.2, 0.25) is 5.88 Å². The van der Waals surface area contributed by atoms with Crippen LogP contribution in [0.1, 0.15) is 10.8 Å². The van der Waals surface area contributed by atoms with E-state index in [0.29, 0.717) is 11.3 Å². The second kappa shape index (κ2) is 6.04. The molecule has 0 bridgehead atoms. The molecule has 0 spiro atoms. The minimum atomic E-state index is -0.216. The lowest BCUT2D eigenvalue weighted by Gasteiger charge is -2.26. The Labute approximate surface area is 133 Å². The van der Waals surface area contributed by atoms with Crippen molar-refractivity contribution in [1.82, 2.24) is 0 Å². The van der Waals surface area contributed by atoms with Gasteiger partial charge in [0.15, 0.2) is 0 Å². The minimum Gasteiger partial charge on any atom is -0.497 e. The number of fused-ring (bicyclic) bond motifs is 1. The van der Waals surface area contributed by atoms with Crippen molar-refractivity contribution in [1.29, 1.82) is 5.26 Å². The summed E-state index contributed by atoms with van der Waals surface area (Å²) in [7, 11) is 1.61. The van der Waals surface area contributed by atoms with Crippen LogP contribution in [0.4, 0.5) is 0 Å². The topological polar surface area (TPSA) is 68.3 Å². The summed E-state index contributed by atoms with van der Waals surface area (Å²) in [6.07, 6.45) is 0. The highest BCUT2D eigenvalue weighted by atomic mass is 32.2. The zero-order valence-corrected chi connectivity index (χ0v) is 12.8. The van der Waals surface area contributed by atoms with Crippen LogP contribution >= 0.6 is 11.8 Å². The second-order valence-corrected chi connectivity index (χ2v) is 5.89. The third-order valence-corrected chi connectivity index (χ3v) is 4.63. The average Bonchev–Trinajstić information content (AvgIpc) is 2.55. The van der Waals surface area contributed by atoms with E-state index in [1.54, 1.807) is 18.9 Å². The summed E-state index contributed by atoms with van der Waals surface area (Å²) in [5.74, 6) is 1.54. The molecule has 0 aromatic heterocycles. The smallest absolute Gasteiger partial charge is 0.206 e. The number of hydrogen-bond acceptors (Lipinski definition) is 5. The van der Waals surface area contributed by atoms with Gasteiger partial charge in [0.1, 0.15) is 23.1 Å². The largest absolute Gasteiger partial charge is 0.497 e. The standard InChI is InChI=1S/C17H14N2O2S/c1-20-11-7-8-15-13(9-11)16(14(10-18)17(19)21-15)22-12-5-3-2-4-6-12/h2-9,16H,19H2,1H3. The molecule has 0 amide bonds. The summed E-state index contributed by atoms with van der Waals surface area (Å²) in [5.41, 5.74) is 7.22. The van der Waals surface area contributed by atoms with Gasteiger partial charge in [0, 0.05) is 10.5 Å². The van der Waals surface area contributed by atoms with E-state index >= 15 is 0 Å². The van der Waals surface area contributed by atoms with E-state index in [4.69, 9.17) is 15.2 Å². The SMILES string of the molecule is COc1ccc2c(c1)C(Sc1ccccc1)C(C#N)=C(N)O2. The number of nitrogens with zero attached hydrogens (tertiary/aromatic N) is 1. The van der Waals surface area contributed by atoms with Crippen molar-refractivity contribution in [3.05, 3.63) is 65.6 Å². The van der Waals surface area contributed by atoms with Crippen LogP contribution in [-0.2, 0) is 0 Å². The van der Waals surface area contributed by atoms with Crippen molar-refractivity contribution in [3.63, 3.8) is 0 Å². The van der Waals surface area contributed by atoms with Gasteiger partial charge >= 0.3 is 0 Å². The Morgan fingerprint density at radius 2 is 2.00 bits per heavy atom. The predicted molar refractivity (Wildman–Crippen MR) is 85.5 cm³/mol. The van der Waals surface area contributed by atoms with Crippen molar-refractivity contribution in [2.24, 2.45) is 5.73 Å². The number of hydrogen-bond donors (Lipinski definition) is 1. The van der Waals surface area contributed by atoms with Crippen LogP contribution in [0.5, 0.6) is 11.5 Å². The summed E-state index contributed by atoms with van der Waals surface area (Å²) in [6, 6.07) is 17.6. The molecule has 1 aliphatic heterocycles. The molecule has 3 rings (SSSR count). The lowest BCUT2D eigenvalue weighted by molar-refractivity contribution is 0.390. The van der Waals surface area contributed by atoms with E-state index in [1.165, 1.54) is 0 Å². The van der Waals surface area contributed by atoms with Crippen molar-refractivity contribution >= 4 is 11.8 Å². The molecule has 0 aliphatic carbocycles. The Bertz CT molecular complexity index is 766. The van der Waals surface area contributed by atoms with Gasteiger partial charge in [-0.1, -0.05) is 18.2 Å². The summed E-state index contributed by atoms with van der Waals surface area (Å²) >= 11 is 1.57. The maximum absolute atomic E-state index is 9.45. The third-order valence-electron chi connectivity index (χ3n) is 3.36. The van der Waals surface area contributed by atoms with E-state index in [9.17, 15) is 5.26 Å². The summed E-state index contributed by atoms with van der Waals surface area (Å²) in [5, 5.41) is 9.23. The number of nitriles is 1. The zero-order chi connectivity index (χ0) is 15.5. The Balaban J connectivity index is 2.07. The lowest BCUT2D eigenvalue weighted by Crippen LogP contribution is -2.18. The molecule has 0 radical (unpaired) electrons. The molecule has 2 N–H and O–H groups in total. The van der Waals surface area contributed by atoms with Crippen molar-refractivity contribution in [2.75, 3.05) is 7.11 Å². The van der Waals surface area contributed by atoms with Crippen molar-refractivity contribution < 1.29 is 9.47 Å². The third kappa shape index (κ3) is 2.61. The molecular formula is C17H14N2O2S. The molecule has 4 nitrogen and oxygen atoms in total. The molecule has 0 saturated heterocycles. The molecule has 2 aromatic rings. The van der Waals surface area contributed by atoms with Crippen molar-refractivity contribution in [3.8, 4) is 17.6 Å². The molecule has 0 saturated carbocycles. The van der Waals surface area contributed by atoms with Crippen LogP contribution in [0.25, 0.3) is 0 Å². The van der Waals surface area contributed by atoms with Crippen LogP contribution in [0.3, 0.4) is 0 Å². The normalized spacial score (nSPS) is 16.5. The number of methoxy groups -OCH3 is 1. The Kier molecular flexibility index (Phi) is 3.94. The molecule has 110 valence electrons. The van der Waals surface area contributed by atoms with Crippen molar-refractivity contribution in [2.45, 2.75) is 10.1 Å². The van der Waals surface area contributed by atoms with Gasteiger partial charge in [-0.25, -0.2) is 0 Å². The van der Waals surface area contributed by atoms with Gasteiger partial charge in [-0.15, -0.1) is 11.8 Å². The van der Waals surface area contributed by atoms with Crippen LogP contribution in [0.15, 0.2) is 64.9 Å². The predicted octanol–water partition coefficient (Wildman–Crippen LogP) is 3.61. The fraction of sp³-hybridized carbons (Fsp3) is 0.118. The molecular weight excluding hydrogens is 296 g/mol. The first-order valence-corrected chi connectivity index (χ1v) is 7.58. The first-order chi connectivity index (χ1) is 10.7. The van der Waals surface area contributed by atoms with Crippen LogP contribution in [-0.4, -0.2) is 7.11 Å². The maximum Gasteiger partial charge on any atom is 0.206 e. The molecule has 2 aromatic carbocycles. The van der Waals surface area contributed by atoms with Gasteiger partial charge in [0.25, 0.3) is 0 Å². The first-order valence-electron chi connectivity index (χ1n) is 6.70. The first kappa shape index (κ1) is 14.4. The average molecular weight is 310 g/mol. The highest BCUT2D eigenvalue weighted by Crippen LogP contribution is 2.48. The summed E-state index contributed by atoms with van der Waals surface area (Å²) in [6.45, 7) is 0. The summed E-state index contributed by atoms with van der Waals surface area (Å²) in [4.78, 5) is 1.06. The van der Waals surface area contributed by atoms with Gasteiger partial charge < -0.3 is 15.2 Å². The minimum absolute atomic E-state index is 0.161.